The van der Waals surface area contributed by atoms with Gasteiger partial charge in [-0.05, 0) is 36.6 Å². The van der Waals surface area contributed by atoms with Gasteiger partial charge in [-0.3, -0.25) is 4.79 Å². The average molecular weight is 343 g/mol. The molecule has 6 nitrogen and oxygen atoms in total. The van der Waals surface area contributed by atoms with E-state index in [9.17, 15) is 9.59 Å². The minimum absolute atomic E-state index is 0.0209. The zero-order valence-corrected chi connectivity index (χ0v) is 15.4. The molecule has 0 spiro atoms. The van der Waals surface area contributed by atoms with E-state index in [0.29, 0.717) is 5.56 Å². The minimum atomic E-state index is -0.813. The van der Waals surface area contributed by atoms with Gasteiger partial charge in [0.2, 0.25) is 0 Å². The number of rotatable bonds is 7. The van der Waals surface area contributed by atoms with Crippen molar-refractivity contribution in [2.45, 2.75) is 26.8 Å². The lowest BCUT2D eigenvalue weighted by molar-refractivity contribution is -0.144. The van der Waals surface area contributed by atoms with E-state index in [2.05, 4.69) is 5.32 Å². The standard InChI is InChI=1S/C19H25N3O3/c1-13(2)14(3)21-18(23)12-25-19(24)16(11-20)10-15-6-8-17(9-7-15)22(4)5/h6-10,13-14H,12H2,1-5H3,(H,21,23)/b16-10+/t14-/m0/s1. The molecule has 0 aliphatic rings. The molecule has 0 bridgehead atoms. The van der Waals surface area contributed by atoms with Crippen molar-refractivity contribution < 1.29 is 14.3 Å². The van der Waals surface area contributed by atoms with Crippen LogP contribution in [0.4, 0.5) is 5.69 Å². The van der Waals surface area contributed by atoms with Gasteiger partial charge >= 0.3 is 5.97 Å². The molecule has 1 aromatic carbocycles. The summed E-state index contributed by atoms with van der Waals surface area (Å²) in [6.07, 6.45) is 1.44. The summed E-state index contributed by atoms with van der Waals surface area (Å²) in [6, 6.07) is 9.16. The molecule has 1 amide bonds. The quantitative estimate of drug-likeness (QED) is 0.467. The summed E-state index contributed by atoms with van der Waals surface area (Å²) in [7, 11) is 3.85. The molecule has 0 radical (unpaired) electrons. The third-order valence-electron chi connectivity index (χ3n) is 3.78. The Labute approximate surface area is 149 Å². The van der Waals surface area contributed by atoms with E-state index in [-0.39, 0.29) is 23.4 Å². The highest BCUT2D eigenvalue weighted by molar-refractivity contribution is 5.98. The van der Waals surface area contributed by atoms with E-state index in [1.54, 1.807) is 12.1 Å². The van der Waals surface area contributed by atoms with E-state index in [1.165, 1.54) is 6.08 Å². The molecule has 0 aliphatic heterocycles. The third-order valence-corrected chi connectivity index (χ3v) is 3.78. The van der Waals surface area contributed by atoms with Crippen LogP contribution < -0.4 is 10.2 Å². The zero-order chi connectivity index (χ0) is 19.0. The lowest BCUT2D eigenvalue weighted by Gasteiger charge is -2.17. The van der Waals surface area contributed by atoms with Crippen LogP contribution in [-0.2, 0) is 14.3 Å². The fourth-order valence-electron chi connectivity index (χ4n) is 1.84. The van der Waals surface area contributed by atoms with E-state index in [0.717, 1.165) is 5.69 Å². The molecule has 0 saturated heterocycles. The summed E-state index contributed by atoms with van der Waals surface area (Å²) < 4.78 is 4.92. The van der Waals surface area contributed by atoms with Crippen molar-refractivity contribution in [2.75, 3.05) is 25.6 Å². The lowest BCUT2D eigenvalue weighted by atomic mass is 10.1. The van der Waals surface area contributed by atoms with Crippen molar-refractivity contribution >= 4 is 23.6 Å². The zero-order valence-electron chi connectivity index (χ0n) is 15.4. The van der Waals surface area contributed by atoms with Crippen LogP contribution in [0.25, 0.3) is 6.08 Å². The number of hydrogen-bond acceptors (Lipinski definition) is 5. The number of hydrogen-bond donors (Lipinski definition) is 1. The fraction of sp³-hybridized carbons (Fsp3) is 0.421. The number of nitrogens with zero attached hydrogens (tertiary/aromatic N) is 2. The predicted molar refractivity (Wildman–Crippen MR) is 97.8 cm³/mol. The highest BCUT2D eigenvalue weighted by Gasteiger charge is 2.15. The van der Waals surface area contributed by atoms with E-state index in [4.69, 9.17) is 10.00 Å². The van der Waals surface area contributed by atoms with Crippen molar-refractivity contribution in [3.8, 4) is 6.07 Å². The van der Waals surface area contributed by atoms with Crippen molar-refractivity contribution in [1.29, 1.82) is 5.26 Å². The van der Waals surface area contributed by atoms with E-state index < -0.39 is 12.6 Å². The van der Waals surface area contributed by atoms with Crippen LogP contribution in [0.3, 0.4) is 0 Å². The Hall–Kier alpha value is -2.81. The highest BCUT2D eigenvalue weighted by Crippen LogP contribution is 2.15. The van der Waals surface area contributed by atoms with Gasteiger partial charge in [-0.25, -0.2) is 4.79 Å². The number of amides is 1. The normalized spacial score (nSPS) is 12.3. The molecule has 0 heterocycles. The molecule has 0 aromatic heterocycles. The van der Waals surface area contributed by atoms with Gasteiger partial charge in [0.1, 0.15) is 11.6 Å². The monoisotopic (exact) mass is 343 g/mol. The maximum atomic E-state index is 12.0. The summed E-state index contributed by atoms with van der Waals surface area (Å²) >= 11 is 0. The second-order valence-corrected chi connectivity index (χ2v) is 6.33. The van der Waals surface area contributed by atoms with Gasteiger partial charge in [-0.2, -0.15) is 5.26 Å². The number of carbonyl (C=O) groups excluding carboxylic acids is 2. The second kappa shape index (κ2) is 9.48. The molecule has 134 valence electrons. The van der Waals surface area contributed by atoms with Gasteiger partial charge in [-0.1, -0.05) is 26.0 Å². The number of nitrogens with one attached hydrogen (secondary N) is 1. The van der Waals surface area contributed by atoms with Crippen molar-refractivity contribution in [3.63, 3.8) is 0 Å². The average Bonchev–Trinajstić information content (AvgIpc) is 2.57. The molecular weight excluding hydrogens is 318 g/mol. The Morgan fingerprint density at radius 2 is 1.84 bits per heavy atom. The van der Waals surface area contributed by atoms with Crippen LogP contribution in [0.5, 0.6) is 0 Å². The van der Waals surface area contributed by atoms with Crippen molar-refractivity contribution in [1.82, 2.24) is 5.32 Å². The molecule has 25 heavy (non-hydrogen) atoms. The van der Waals surface area contributed by atoms with Gasteiger partial charge in [0.15, 0.2) is 6.61 Å². The van der Waals surface area contributed by atoms with Gasteiger partial charge in [0.05, 0.1) is 0 Å². The minimum Gasteiger partial charge on any atom is -0.451 e. The molecule has 0 unspecified atom stereocenters. The number of nitriles is 1. The molecule has 0 fully saturated rings. The van der Waals surface area contributed by atoms with Gasteiger partial charge in [0, 0.05) is 25.8 Å². The molecule has 6 heteroatoms. The molecular formula is C19H25N3O3. The second-order valence-electron chi connectivity index (χ2n) is 6.33. The van der Waals surface area contributed by atoms with Gasteiger partial charge < -0.3 is 15.0 Å². The van der Waals surface area contributed by atoms with Crippen LogP contribution >= 0.6 is 0 Å². The van der Waals surface area contributed by atoms with Gasteiger partial charge in [0.25, 0.3) is 5.91 Å². The smallest absolute Gasteiger partial charge is 0.349 e. The largest absolute Gasteiger partial charge is 0.451 e. The summed E-state index contributed by atoms with van der Waals surface area (Å²) in [6.45, 7) is 5.43. The van der Waals surface area contributed by atoms with Crippen LogP contribution in [0.1, 0.15) is 26.3 Å². The maximum Gasteiger partial charge on any atom is 0.349 e. The van der Waals surface area contributed by atoms with E-state index >= 15 is 0 Å². The first-order valence-corrected chi connectivity index (χ1v) is 8.10. The van der Waals surface area contributed by atoms with Crippen molar-refractivity contribution in [3.05, 3.63) is 35.4 Å². The highest BCUT2D eigenvalue weighted by atomic mass is 16.5. The predicted octanol–water partition coefficient (Wildman–Crippen LogP) is 2.36. The van der Waals surface area contributed by atoms with Crippen LogP contribution in [-0.4, -0.2) is 38.6 Å². The Kier molecular flexibility index (Phi) is 7.67. The summed E-state index contributed by atoms with van der Waals surface area (Å²) in [4.78, 5) is 25.7. The number of ether oxygens (including phenoxy) is 1. The molecule has 0 aliphatic carbocycles. The van der Waals surface area contributed by atoms with Crippen LogP contribution in [0.15, 0.2) is 29.8 Å². The SMILES string of the molecule is CC(C)[C@H](C)NC(=O)COC(=O)/C(C#N)=C/c1ccc(N(C)C)cc1. The Balaban J connectivity index is 2.68. The lowest BCUT2D eigenvalue weighted by Crippen LogP contribution is -2.38. The molecule has 0 saturated carbocycles. The number of carbonyl (C=O) groups is 2. The maximum absolute atomic E-state index is 12.0. The van der Waals surface area contributed by atoms with Crippen molar-refractivity contribution in [2.24, 2.45) is 5.92 Å². The summed E-state index contributed by atoms with van der Waals surface area (Å²) in [5, 5.41) is 11.9. The van der Waals surface area contributed by atoms with Gasteiger partial charge in [-0.15, -0.1) is 0 Å². The summed E-state index contributed by atoms with van der Waals surface area (Å²) in [5.74, 6) is -0.923. The van der Waals surface area contributed by atoms with E-state index in [1.807, 2.05) is 58.0 Å². The molecule has 1 rings (SSSR count). The molecule has 1 atom stereocenters. The Morgan fingerprint density at radius 1 is 1.24 bits per heavy atom. The molecule has 1 aromatic rings. The number of anilines is 1. The first-order valence-electron chi connectivity index (χ1n) is 8.10. The summed E-state index contributed by atoms with van der Waals surface area (Å²) in [5.41, 5.74) is 1.56. The molecule has 1 N–H and O–H groups in total. The first-order chi connectivity index (χ1) is 11.7. The number of benzene rings is 1. The fourth-order valence-corrected chi connectivity index (χ4v) is 1.84. The topological polar surface area (TPSA) is 82.4 Å². The third kappa shape index (κ3) is 6.68. The Morgan fingerprint density at radius 3 is 2.32 bits per heavy atom. The first kappa shape index (κ1) is 20.2. The van der Waals surface area contributed by atoms with Crippen LogP contribution in [0, 0.1) is 17.2 Å². The van der Waals surface area contributed by atoms with Crippen LogP contribution in [0.2, 0.25) is 0 Å². The Bertz CT molecular complexity index is 670. The number of esters is 1.